The summed E-state index contributed by atoms with van der Waals surface area (Å²) in [6, 6.07) is 0.303. The third kappa shape index (κ3) is 2.90. The van der Waals surface area contributed by atoms with Crippen LogP contribution in [0.15, 0.2) is 6.20 Å². The molecule has 0 radical (unpaired) electrons. The quantitative estimate of drug-likeness (QED) is 0.648. The molecule has 0 atom stereocenters. The van der Waals surface area contributed by atoms with Gasteiger partial charge in [0.25, 0.3) is 0 Å². The molecule has 8 heteroatoms. The van der Waals surface area contributed by atoms with Crippen molar-refractivity contribution in [1.29, 1.82) is 0 Å². The van der Waals surface area contributed by atoms with Gasteiger partial charge in [-0.15, -0.1) is 5.10 Å². The van der Waals surface area contributed by atoms with E-state index in [1.165, 1.54) is 17.7 Å². The van der Waals surface area contributed by atoms with Crippen molar-refractivity contribution < 1.29 is 9.59 Å². The number of nitrogens with zero attached hydrogens (tertiary/aromatic N) is 4. The lowest BCUT2D eigenvalue weighted by Gasteiger charge is -2.11. The lowest BCUT2D eigenvalue weighted by atomic mass is 10.4. The van der Waals surface area contributed by atoms with E-state index in [1.807, 2.05) is 6.20 Å². The molecule has 3 amide bonds. The smallest absolute Gasteiger partial charge is 0.324 e. The first-order chi connectivity index (χ1) is 9.22. The molecule has 3 rings (SSSR count). The van der Waals surface area contributed by atoms with Gasteiger partial charge in [0.2, 0.25) is 5.91 Å². The molecule has 1 aliphatic heterocycles. The molecule has 2 fully saturated rings. The molecule has 2 N–H and O–H groups in total. The summed E-state index contributed by atoms with van der Waals surface area (Å²) in [4.78, 5) is 23.9. The van der Waals surface area contributed by atoms with Crippen LogP contribution in [0.25, 0.3) is 0 Å². The Morgan fingerprint density at radius 2 is 2.21 bits per heavy atom. The number of carbonyl (C=O) groups is 2. The Balaban J connectivity index is 1.49. The minimum atomic E-state index is -0.333. The number of nitrogens with one attached hydrogen (secondary N) is 2. The highest BCUT2D eigenvalue weighted by molar-refractivity contribution is 6.01. The van der Waals surface area contributed by atoms with Crippen molar-refractivity contribution in [3.8, 4) is 0 Å². The summed E-state index contributed by atoms with van der Waals surface area (Å²) in [6.07, 6.45) is 4.31. The number of imide groups is 1. The Hall–Kier alpha value is -1.96. The summed E-state index contributed by atoms with van der Waals surface area (Å²) in [6.45, 7) is 1.60. The molecular formula is C11H16N6O2. The van der Waals surface area contributed by atoms with Crippen molar-refractivity contribution in [1.82, 2.24) is 30.5 Å². The highest BCUT2D eigenvalue weighted by atomic mass is 16.2. The topological polar surface area (TPSA) is 92.2 Å². The Morgan fingerprint density at radius 3 is 2.89 bits per heavy atom. The second-order valence-electron chi connectivity index (χ2n) is 4.83. The van der Waals surface area contributed by atoms with E-state index in [-0.39, 0.29) is 18.5 Å². The summed E-state index contributed by atoms with van der Waals surface area (Å²) in [5, 5.41) is 13.9. The van der Waals surface area contributed by atoms with Crippen molar-refractivity contribution in [3.63, 3.8) is 0 Å². The van der Waals surface area contributed by atoms with Gasteiger partial charge in [-0.3, -0.25) is 14.4 Å². The van der Waals surface area contributed by atoms with Gasteiger partial charge in [-0.25, -0.2) is 4.79 Å². The summed E-state index contributed by atoms with van der Waals surface area (Å²) in [7, 11) is 0. The fourth-order valence-corrected chi connectivity index (χ4v) is 1.95. The Labute approximate surface area is 110 Å². The zero-order valence-corrected chi connectivity index (χ0v) is 10.5. The first-order valence-electron chi connectivity index (χ1n) is 6.43. The van der Waals surface area contributed by atoms with E-state index in [4.69, 9.17) is 0 Å². The molecule has 8 nitrogen and oxygen atoms in total. The first kappa shape index (κ1) is 12.1. The number of carbonyl (C=O) groups excluding carboxylic acids is 2. The van der Waals surface area contributed by atoms with Gasteiger partial charge in [0.15, 0.2) is 0 Å². The van der Waals surface area contributed by atoms with Gasteiger partial charge in [0.05, 0.1) is 25.3 Å². The minimum absolute atomic E-state index is 0.0900. The van der Waals surface area contributed by atoms with E-state index >= 15 is 0 Å². The van der Waals surface area contributed by atoms with E-state index in [0.717, 1.165) is 5.69 Å². The van der Waals surface area contributed by atoms with Crippen molar-refractivity contribution >= 4 is 11.9 Å². The Morgan fingerprint density at radius 1 is 1.37 bits per heavy atom. The van der Waals surface area contributed by atoms with Gasteiger partial charge in [0.1, 0.15) is 0 Å². The number of rotatable bonds is 6. The minimum Gasteiger partial charge on any atom is -0.329 e. The molecule has 1 saturated carbocycles. The van der Waals surface area contributed by atoms with E-state index < -0.39 is 0 Å². The number of aromatic nitrogens is 3. The van der Waals surface area contributed by atoms with Gasteiger partial charge < -0.3 is 10.6 Å². The maximum absolute atomic E-state index is 11.4. The molecule has 1 aromatic rings. The Kier molecular flexibility index (Phi) is 3.16. The van der Waals surface area contributed by atoms with Gasteiger partial charge in [0, 0.05) is 18.8 Å². The van der Waals surface area contributed by atoms with E-state index in [1.54, 1.807) is 4.68 Å². The highest BCUT2D eigenvalue weighted by Gasteiger charge is 2.27. The third-order valence-corrected chi connectivity index (χ3v) is 3.23. The van der Waals surface area contributed by atoms with Crippen LogP contribution in [-0.4, -0.2) is 51.0 Å². The molecule has 19 heavy (non-hydrogen) atoms. The van der Waals surface area contributed by atoms with Crippen LogP contribution >= 0.6 is 0 Å². The van der Waals surface area contributed by atoms with Gasteiger partial charge >= 0.3 is 6.03 Å². The molecule has 0 unspecified atom stereocenters. The van der Waals surface area contributed by atoms with Crippen LogP contribution < -0.4 is 10.6 Å². The molecule has 0 spiro atoms. The lowest BCUT2D eigenvalue weighted by Crippen LogP contribution is -2.33. The second kappa shape index (κ2) is 4.96. The molecular weight excluding hydrogens is 248 g/mol. The predicted molar refractivity (Wildman–Crippen MR) is 65.0 cm³/mol. The molecule has 1 saturated heterocycles. The summed E-state index contributed by atoms with van der Waals surface area (Å²) in [5.74, 6) is -0.194. The third-order valence-electron chi connectivity index (χ3n) is 3.23. The van der Waals surface area contributed by atoms with Crippen molar-refractivity contribution in [2.24, 2.45) is 0 Å². The van der Waals surface area contributed by atoms with Crippen molar-refractivity contribution in [2.75, 3.05) is 13.1 Å². The van der Waals surface area contributed by atoms with Crippen LogP contribution in [0, 0.1) is 0 Å². The average Bonchev–Trinajstić information content (AvgIpc) is 3.04. The SMILES string of the molecule is O=C1CNC(=O)N1CCn1cc(CNC2CC2)nn1. The van der Waals surface area contributed by atoms with Gasteiger partial charge in [-0.05, 0) is 12.8 Å². The van der Waals surface area contributed by atoms with Crippen LogP contribution in [0.5, 0.6) is 0 Å². The fourth-order valence-electron chi connectivity index (χ4n) is 1.95. The molecule has 1 aromatic heterocycles. The van der Waals surface area contributed by atoms with E-state index in [2.05, 4.69) is 20.9 Å². The number of amides is 3. The van der Waals surface area contributed by atoms with Crippen LogP contribution in [-0.2, 0) is 17.9 Å². The fraction of sp³-hybridized carbons (Fsp3) is 0.636. The summed E-state index contributed by atoms with van der Waals surface area (Å²) in [5.41, 5.74) is 0.879. The van der Waals surface area contributed by atoms with Crippen LogP contribution in [0.1, 0.15) is 18.5 Å². The standard InChI is InChI=1S/C11H16N6O2/c18-10-6-13-11(19)17(10)4-3-16-7-9(14-15-16)5-12-8-1-2-8/h7-8,12H,1-6H2,(H,13,19). The monoisotopic (exact) mass is 264 g/mol. The number of hydrogen-bond donors (Lipinski definition) is 2. The van der Waals surface area contributed by atoms with Gasteiger partial charge in [-0.2, -0.15) is 0 Å². The number of hydrogen-bond acceptors (Lipinski definition) is 5. The van der Waals surface area contributed by atoms with E-state index in [9.17, 15) is 9.59 Å². The van der Waals surface area contributed by atoms with Crippen LogP contribution in [0.4, 0.5) is 4.79 Å². The molecule has 2 aliphatic rings. The Bertz CT molecular complexity index is 479. The first-order valence-corrected chi connectivity index (χ1v) is 6.43. The maximum Gasteiger partial charge on any atom is 0.324 e. The number of urea groups is 1. The zero-order chi connectivity index (χ0) is 13.2. The van der Waals surface area contributed by atoms with Crippen molar-refractivity contribution in [2.45, 2.75) is 32.0 Å². The zero-order valence-electron chi connectivity index (χ0n) is 10.5. The second-order valence-corrected chi connectivity index (χ2v) is 4.83. The molecule has 0 aromatic carbocycles. The van der Waals surface area contributed by atoms with Gasteiger partial charge in [-0.1, -0.05) is 5.21 Å². The lowest BCUT2D eigenvalue weighted by molar-refractivity contribution is -0.125. The van der Waals surface area contributed by atoms with Crippen LogP contribution in [0.2, 0.25) is 0 Å². The molecule has 102 valence electrons. The predicted octanol–water partition coefficient (Wildman–Crippen LogP) is -0.918. The summed E-state index contributed by atoms with van der Waals surface area (Å²) >= 11 is 0. The molecule has 1 aliphatic carbocycles. The molecule has 2 heterocycles. The summed E-state index contributed by atoms with van der Waals surface area (Å²) < 4.78 is 1.66. The highest BCUT2D eigenvalue weighted by Crippen LogP contribution is 2.18. The maximum atomic E-state index is 11.4. The normalized spacial score (nSPS) is 19.1. The largest absolute Gasteiger partial charge is 0.329 e. The average molecular weight is 264 g/mol. The van der Waals surface area contributed by atoms with Crippen molar-refractivity contribution in [3.05, 3.63) is 11.9 Å². The van der Waals surface area contributed by atoms with E-state index in [0.29, 0.717) is 25.7 Å². The molecule has 0 bridgehead atoms. The van der Waals surface area contributed by atoms with Crippen LogP contribution in [0.3, 0.4) is 0 Å².